The lowest BCUT2D eigenvalue weighted by Gasteiger charge is -2.23. The van der Waals surface area contributed by atoms with Gasteiger partial charge in [0.25, 0.3) is 10.9 Å². The molecule has 0 unspecified atom stereocenters. The average molecular weight is 311 g/mol. The van der Waals surface area contributed by atoms with Crippen LogP contribution in [-0.4, -0.2) is 23.3 Å². The lowest BCUT2D eigenvalue weighted by atomic mass is 9.95. The van der Waals surface area contributed by atoms with Gasteiger partial charge in [0.2, 0.25) is 0 Å². The summed E-state index contributed by atoms with van der Waals surface area (Å²) in [5.41, 5.74) is 5.39. The van der Waals surface area contributed by atoms with Crippen LogP contribution in [0.2, 0.25) is 0 Å². The van der Waals surface area contributed by atoms with E-state index in [2.05, 4.69) is 17.1 Å². The van der Waals surface area contributed by atoms with Gasteiger partial charge in [0.05, 0.1) is 18.7 Å². The van der Waals surface area contributed by atoms with Gasteiger partial charge in [-0.1, -0.05) is 42.1 Å². The number of fused-ring (bicyclic) bond motifs is 2. The highest BCUT2D eigenvalue weighted by Crippen LogP contribution is 2.77. The van der Waals surface area contributed by atoms with Crippen molar-refractivity contribution >= 4 is 17.6 Å². The van der Waals surface area contributed by atoms with Gasteiger partial charge in [0, 0.05) is 11.7 Å². The molecule has 5 nitrogen and oxygen atoms in total. The molecule has 1 aliphatic carbocycles. The molecule has 6 heteroatoms. The Morgan fingerprint density at radius 3 is 2.68 bits per heavy atom. The molecule has 1 spiro atoms. The number of amidine groups is 1. The molecule has 2 fully saturated rings. The van der Waals surface area contributed by atoms with Gasteiger partial charge in [0.1, 0.15) is 0 Å². The minimum absolute atomic E-state index is 0.149. The molecule has 3 N–H and O–H groups in total. The van der Waals surface area contributed by atoms with E-state index in [4.69, 9.17) is 10.5 Å². The van der Waals surface area contributed by atoms with E-state index in [0.29, 0.717) is 18.9 Å². The van der Waals surface area contributed by atoms with Crippen LogP contribution in [0.5, 0.6) is 0 Å². The SMILES string of the molecule is N#C[C@@]12[C@@H](Cc3ccccc3)[C@]1(C#N)C(N)=[NH+][C@@]21OCCS1. The summed E-state index contributed by atoms with van der Waals surface area (Å²) in [6, 6.07) is 14.7. The monoisotopic (exact) mass is 311 g/mol. The Hall–Kier alpha value is -2.02. The Kier molecular flexibility index (Phi) is 2.64. The van der Waals surface area contributed by atoms with E-state index in [9.17, 15) is 10.5 Å². The van der Waals surface area contributed by atoms with Crippen LogP contribution in [0, 0.1) is 39.4 Å². The van der Waals surface area contributed by atoms with E-state index in [1.807, 2.05) is 30.3 Å². The zero-order valence-electron chi connectivity index (χ0n) is 11.9. The lowest BCUT2D eigenvalue weighted by molar-refractivity contribution is -0.584. The number of ether oxygens (including phenoxy) is 1. The highest BCUT2D eigenvalue weighted by Gasteiger charge is 2.95. The van der Waals surface area contributed by atoms with Gasteiger partial charge in [0.15, 0.2) is 10.8 Å². The topological polar surface area (TPSA) is 96.8 Å². The number of nitrogens with zero attached hydrogens (tertiary/aromatic N) is 2. The predicted molar refractivity (Wildman–Crippen MR) is 81.0 cm³/mol. The average Bonchev–Trinajstić information content (AvgIpc) is 2.81. The molecular formula is C16H15N4OS+. The maximum atomic E-state index is 9.95. The van der Waals surface area contributed by atoms with Crippen LogP contribution in [-0.2, 0) is 11.2 Å². The van der Waals surface area contributed by atoms with Crippen molar-refractivity contribution in [3.8, 4) is 12.1 Å². The third-order valence-electron chi connectivity index (χ3n) is 5.16. The molecule has 1 saturated heterocycles. The second-order valence-corrected chi connectivity index (χ2v) is 7.21. The van der Waals surface area contributed by atoms with Crippen LogP contribution in [0.15, 0.2) is 30.3 Å². The highest BCUT2D eigenvalue weighted by atomic mass is 32.2. The molecule has 0 aromatic heterocycles. The molecule has 110 valence electrons. The molecule has 2 heterocycles. The van der Waals surface area contributed by atoms with Crippen LogP contribution in [0.25, 0.3) is 0 Å². The number of nitrogens with one attached hydrogen (secondary N) is 1. The maximum absolute atomic E-state index is 9.95. The second-order valence-electron chi connectivity index (χ2n) is 5.93. The number of nitriles is 2. The van der Waals surface area contributed by atoms with Crippen molar-refractivity contribution in [3.63, 3.8) is 0 Å². The van der Waals surface area contributed by atoms with Gasteiger partial charge in [-0.15, -0.1) is 0 Å². The Bertz CT molecular complexity index is 744. The molecule has 0 amide bonds. The predicted octanol–water partition coefficient (Wildman–Crippen LogP) is -0.253. The molecule has 3 aliphatic rings. The van der Waals surface area contributed by atoms with Crippen LogP contribution < -0.4 is 10.7 Å². The molecule has 4 rings (SSSR count). The van der Waals surface area contributed by atoms with Crippen LogP contribution in [0.4, 0.5) is 0 Å². The molecule has 0 radical (unpaired) electrons. The first-order valence-corrected chi connectivity index (χ1v) is 8.21. The zero-order valence-corrected chi connectivity index (χ0v) is 12.7. The van der Waals surface area contributed by atoms with Gasteiger partial charge >= 0.3 is 0 Å². The number of nitrogens with two attached hydrogens (primary N) is 1. The Balaban J connectivity index is 1.80. The summed E-state index contributed by atoms with van der Waals surface area (Å²) in [6.07, 6.45) is 0.649. The van der Waals surface area contributed by atoms with E-state index in [1.54, 1.807) is 11.8 Å². The number of rotatable bonds is 2. The number of benzene rings is 1. The molecule has 1 aromatic carbocycles. The number of hydrogen-bond acceptors (Lipinski definition) is 5. The van der Waals surface area contributed by atoms with Crippen molar-refractivity contribution in [2.24, 2.45) is 22.5 Å². The van der Waals surface area contributed by atoms with Crippen molar-refractivity contribution in [2.45, 2.75) is 11.5 Å². The van der Waals surface area contributed by atoms with Crippen molar-refractivity contribution < 1.29 is 9.73 Å². The molecule has 2 aliphatic heterocycles. The quantitative estimate of drug-likeness (QED) is 0.785. The summed E-state index contributed by atoms with van der Waals surface area (Å²) in [5, 5.41) is 18.9. The smallest absolute Gasteiger partial charge is 0.277 e. The summed E-state index contributed by atoms with van der Waals surface area (Å²) in [7, 11) is 0. The highest BCUT2D eigenvalue weighted by molar-refractivity contribution is 8.00. The Morgan fingerprint density at radius 1 is 1.32 bits per heavy atom. The summed E-state index contributed by atoms with van der Waals surface area (Å²) in [5.74, 6) is 1.03. The van der Waals surface area contributed by atoms with E-state index < -0.39 is 15.9 Å². The van der Waals surface area contributed by atoms with E-state index in [-0.39, 0.29) is 5.92 Å². The molecular weight excluding hydrogens is 296 g/mol. The third-order valence-corrected chi connectivity index (χ3v) is 6.48. The molecule has 1 aromatic rings. The first kappa shape index (κ1) is 13.6. The lowest BCUT2D eigenvalue weighted by Crippen LogP contribution is -2.88. The fraction of sp³-hybridized carbons (Fsp3) is 0.438. The fourth-order valence-electron chi connectivity index (χ4n) is 4.15. The molecule has 22 heavy (non-hydrogen) atoms. The summed E-state index contributed by atoms with van der Waals surface area (Å²) in [6.45, 7) is 0.563. The van der Waals surface area contributed by atoms with Gasteiger partial charge in [-0.3, -0.25) is 5.73 Å². The Morgan fingerprint density at radius 2 is 2.09 bits per heavy atom. The second kappa shape index (κ2) is 4.25. The first-order valence-electron chi connectivity index (χ1n) is 7.22. The largest absolute Gasteiger partial charge is 0.327 e. The number of hydrogen-bond donors (Lipinski definition) is 2. The van der Waals surface area contributed by atoms with Crippen LogP contribution in [0.1, 0.15) is 5.56 Å². The van der Waals surface area contributed by atoms with E-state index >= 15 is 0 Å². The van der Waals surface area contributed by atoms with Gasteiger partial charge in [-0.05, 0) is 12.0 Å². The zero-order chi connectivity index (χ0) is 15.4. The minimum atomic E-state index is -0.963. The fourth-order valence-corrected chi connectivity index (χ4v) is 5.53. The van der Waals surface area contributed by atoms with Crippen LogP contribution >= 0.6 is 11.8 Å². The minimum Gasteiger partial charge on any atom is -0.327 e. The van der Waals surface area contributed by atoms with Gasteiger partial charge < -0.3 is 4.74 Å². The molecule has 4 atom stereocenters. The summed E-state index contributed by atoms with van der Waals surface area (Å²) in [4.78, 5) is 3.12. The molecule has 1 saturated carbocycles. The Labute approximate surface area is 132 Å². The summed E-state index contributed by atoms with van der Waals surface area (Å²) >= 11 is 1.55. The van der Waals surface area contributed by atoms with Gasteiger partial charge in [-0.25, -0.2) is 4.99 Å². The van der Waals surface area contributed by atoms with Crippen LogP contribution in [0.3, 0.4) is 0 Å². The maximum Gasteiger partial charge on any atom is 0.277 e. The van der Waals surface area contributed by atoms with E-state index in [0.717, 1.165) is 11.3 Å². The number of thioether (sulfide) groups is 1. The van der Waals surface area contributed by atoms with Crippen molar-refractivity contribution in [1.29, 1.82) is 10.5 Å². The normalized spacial score (nSPS) is 41.5. The van der Waals surface area contributed by atoms with Crippen molar-refractivity contribution in [2.75, 3.05) is 12.4 Å². The van der Waals surface area contributed by atoms with Crippen molar-refractivity contribution in [1.82, 2.24) is 0 Å². The van der Waals surface area contributed by atoms with E-state index in [1.165, 1.54) is 0 Å². The van der Waals surface area contributed by atoms with Gasteiger partial charge in [-0.2, -0.15) is 10.5 Å². The standard InChI is InChI=1S/C16H14N4OS/c17-9-14-12(8-11-4-2-1-3-5-11)15(14,10-18)16(20-13(14)19)21-6-7-22-16/h1-5,12H,6-8H2,(H2,19,20)/p+1/t12-,14+,15+,16+/m0/s1. The molecule has 0 bridgehead atoms. The summed E-state index contributed by atoms with van der Waals surface area (Å²) < 4.78 is 5.89. The first-order chi connectivity index (χ1) is 10.7. The third kappa shape index (κ3) is 1.27. The van der Waals surface area contributed by atoms with Crippen molar-refractivity contribution in [3.05, 3.63) is 35.9 Å².